The molecule has 8 nitrogen and oxygen atoms in total. The van der Waals surface area contributed by atoms with Crippen molar-refractivity contribution in [2.45, 2.75) is 31.5 Å². The minimum absolute atomic E-state index is 0.192. The molecule has 0 bridgehead atoms. The molecule has 3 fully saturated rings. The van der Waals surface area contributed by atoms with Crippen LogP contribution in [0.4, 0.5) is 20.6 Å². The largest absolute Gasteiger partial charge is 0.442 e. The Morgan fingerprint density at radius 3 is 2.79 bits per heavy atom. The summed E-state index contributed by atoms with van der Waals surface area (Å²) >= 11 is 0. The first-order valence-electron chi connectivity index (χ1n) is 9.45. The summed E-state index contributed by atoms with van der Waals surface area (Å²) in [6.45, 7) is 4.20. The van der Waals surface area contributed by atoms with Crippen molar-refractivity contribution in [1.82, 2.24) is 5.32 Å². The maximum Gasteiger partial charge on any atom is 0.414 e. The highest BCUT2D eigenvalue weighted by Gasteiger charge is 2.40. The molecular weight excluding hydrogens is 369 g/mol. The number of nitrogens with zero attached hydrogens (tertiary/aromatic N) is 2. The van der Waals surface area contributed by atoms with Gasteiger partial charge in [-0.05, 0) is 31.0 Å². The van der Waals surface area contributed by atoms with Crippen molar-refractivity contribution in [2.75, 3.05) is 49.4 Å². The number of amides is 2. The van der Waals surface area contributed by atoms with Crippen LogP contribution in [-0.4, -0.2) is 63.3 Å². The van der Waals surface area contributed by atoms with Gasteiger partial charge in [0.2, 0.25) is 5.91 Å². The molecule has 3 aliphatic rings. The molecule has 1 aromatic rings. The van der Waals surface area contributed by atoms with E-state index in [-0.39, 0.29) is 30.4 Å². The molecule has 3 heterocycles. The van der Waals surface area contributed by atoms with Crippen LogP contribution in [0.5, 0.6) is 0 Å². The molecule has 0 saturated carbocycles. The van der Waals surface area contributed by atoms with Gasteiger partial charge in [0, 0.05) is 20.0 Å². The van der Waals surface area contributed by atoms with Crippen LogP contribution >= 0.6 is 0 Å². The molecule has 0 aliphatic carbocycles. The molecule has 1 atom stereocenters. The third-order valence-corrected chi connectivity index (χ3v) is 5.52. The summed E-state index contributed by atoms with van der Waals surface area (Å²) < 4.78 is 31.1. The summed E-state index contributed by atoms with van der Waals surface area (Å²) in [6.07, 6.45) is 0.585. The van der Waals surface area contributed by atoms with Crippen LogP contribution < -0.4 is 15.1 Å². The Kier molecular flexibility index (Phi) is 5.11. The maximum absolute atomic E-state index is 14.8. The Morgan fingerprint density at radius 1 is 1.36 bits per heavy atom. The molecule has 3 saturated heterocycles. The zero-order valence-electron chi connectivity index (χ0n) is 15.8. The Bertz CT molecular complexity index is 758. The predicted molar refractivity (Wildman–Crippen MR) is 98.8 cm³/mol. The van der Waals surface area contributed by atoms with Crippen molar-refractivity contribution in [3.63, 3.8) is 0 Å². The number of benzene rings is 1. The van der Waals surface area contributed by atoms with E-state index in [9.17, 15) is 14.0 Å². The van der Waals surface area contributed by atoms with E-state index in [1.165, 1.54) is 17.9 Å². The highest BCUT2D eigenvalue weighted by molar-refractivity contribution is 5.90. The molecule has 28 heavy (non-hydrogen) atoms. The van der Waals surface area contributed by atoms with Crippen molar-refractivity contribution < 1.29 is 28.2 Å². The van der Waals surface area contributed by atoms with E-state index in [1.807, 2.05) is 4.90 Å². The molecule has 1 aromatic carbocycles. The minimum Gasteiger partial charge on any atom is -0.442 e. The zero-order valence-corrected chi connectivity index (χ0v) is 15.8. The van der Waals surface area contributed by atoms with Gasteiger partial charge in [0.1, 0.15) is 18.7 Å². The minimum atomic E-state index is -0.541. The Balaban J connectivity index is 1.41. The number of carbonyl (C=O) groups is 2. The fourth-order valence-corrected chi connectivity index (χ4v) is 3.90. The van der Waals surface area contributed by atoms with E-state index in [0.29, 0.717) is 37.9 Å². The summed E-state index contributed by atoms with van der Waals surface area (Å²) in [5.74, 6) is -0.571. The summed E-state index contributed by atoms with van der Waals surface area (Å²) in [6, 6.07) is 4.78. The number of nitrogens with one attached hydrogen (secondary N) is 1. The lowest BCUT2D eigenvalue weighted by Gasteiger charge is -2.38. The van der Waals surface area contributed by atoms with Gasteiger partial charge in [-0.3, -0.25) is 9.69 Å². The van der Waals surface area contributed by atoms with Crippen LogP contribution in [0.3, 0.4) is 0 Å². The number of ether oxygens (including phenoxy) is 3. The normalized spacial score (nSPS) is 23.9. The smallest absolute Gasteiger partial charge is 0.414 e. The number of hydrogen-bond acceptors (Lipinski definition) is 6. The molecule has 0 radical (unpaired) electrons. The average Bonchev–Trinajstić information content (AvgIpc) is 3.28. The predicted octanol–water partition coefficient (Wildman–Crippen LogP) is 1.63. The quantitative estimate of drug-likeness (QED) is 0.838. The number of cyclic esters (lactones) is 1. The van der Waals surface area contributed by atoms with Crippen molar-refractivity contribution in [1.29, 1.82) is 0 Å². The standard InChI is InChI=1S/C19H24FN3O5/c1-13(24)21-9-15-10-23(18(25)28-15)14-2-3-17(16(20)8-14)22-6-4-19(5-7-22)11-26-12-27-19/h2-3,8,15H,4-7,9-12H2,1H3,(H,21,24). The van der Waals surface area contributed by atoms with Gasteiger partial charge in [0.05, 0.1) is 36.7 Å². The Labute approximate surface area is 162 Å². The Hall–Kier alpha value is -2.39. The van der Waals surface area contributed by atoms with Crippen molar-refractivity contribution in [3.8, 4) is 0 Å². The zero-order chi connectivity index (χ0) is 19.7. The summed E-state index contributed by atoms with van der Waals surface area (Å²) in [5, 5.41) is 2.62. The lowest BCUT2D eigenvalue weighted by atomic mass is 9.92. The molecule has 152 valence electrons. The second-order valence-corrected chi connectivity index (χ2v) is 7.47. The number of anilines is 2. The van der Waals surface area contributed by atoms with Crippen LogP contribution in [0.1, 0.15) is 19.8 Å². The number of rotatable bonds is 4. The summed E-state index contributed by atoms with van der Waals surface area (Å²) in [7, 11) is 0. The van der Waals surface area contributed by atoms with Crippen LogP contribution in [0.15, 0.2) is 18.2 Å². The highest BCUT2D eigenvalue weighted by atomic mass is 19.1. The fraction of sp³-hybridized carbons (Fsp3) is 0.579. The number of hydrogen-bond donors (Lipinski definition) is 1. The molecule has 3 aliphatic heterocycles. The third-order valence-electron chi connectivity index (χ3n) is 5.52. The molecule has 0 aromatic heterocycles. The van der Waals surface area contributed by atoms with Gasteiger partial charge >= 0.3 is 6.09 Å². The van der Waals surface area contributed by atoms with Gasteiger partial charge in [0.15, 0.2) is 0 Å². The van der Waals surface area contributed by atoms with Crippen molar-refractivity contribution in [3.05, 3.63) is 24.0 Å². The van der Waals surface area contributed by atoms with E-state index in [2.05, 4.69) is 5.32 Å². The molecule has 9 heteroatoms. The molecule has 1 N–H and O–H groups in total. The van der Waals surface area contributed by atoms with Gasteiger partial charge in [-0.25, -0.2) is 9.18 Å². The number of halogens is 1. The lowest BCUT2D eigenvalue weighted by Crippen LogP contribution is -2.46. The van der Waals surface area contributed by atoms with Crippen LogP contribution in [0.25, 0.3) is 0 Å². The van der Waals surface area contributed by atoms with Crippen LogP contribution in [0.2, 0.25) is 0 Å². The summed E-state index contributed by atoms with van der Waals surface area (Å²) in [5.41, 5.74) is 0.729. The monoisotopic (exact) mass is 393 g/mol. The van der Waals surface area contributed by atoms with Crippen molar-refractivity contribution >= 4 is 23.4 Å². The van der Waals surface area contributed by atoms with Crippen LogP contribution in [-0.2, 0) is 19.0 Å². The fourth-order valence-electron chi connectivity index (χ4n) is 3.90. The van der Waals surface area contributed by atoms with Gasteiger partial charge in [-0.1, -0.05) is 0 Å². The van der Waals surface area contributed by atoms with E-state index < -0.39 is 12.2 Å². The number of piperidine rings is 1. The van der Waals surface area contributed by atoms with Gasteiger partial charge in [-0.15, -0.1) is 0 Å². The molecular formula is C19H24FN3O5. The van der Waals surface area contributed by atoms with Crippen molar-refractivity contribution in [2.24, 2.45) is 0 Å². The van der Waals surface area contributed by atoms with Gasteiger partial charge in [-0.2, -0.15) is 0 Å². The SMILES string of the molecule is CC(=O)NCC1CN(c2ccc(N3CCC4(CC3)COCO4)c(F)c2)C(=O)O1. The van der Waals surface area contributed by atoms with Crippen LogP contribution in [0, 0.1) is 5.82 Å². The topological polar surface area (TPSA) is 80.3 Å². The maximum atomic E-state index is 14.8. The first-order valence-corrected chi connectivity index (χ1v) is 9.45. The van der Waals surface area contributed by atoms with E-state index >= 15 is 0 Å². The second-order valence-electron chi connectivity index (χ2n) is 7.47. The highest BCUT2D eigenvalue weighted by Crippen LogP contribution is 2.34. The lowest BCUT2D eigenvalue weighted by molar-refractivity contribution is -0.119. The van der Waals surface area contributed by atoms with Gasteiger partial charge < -0.3 is 24.4 Å². The first-order chi connectivity index (χ1) is 13.5. The summed E-state index contributed by atoms with van der Waals surface area (Å²) in [4.78, 5) is 26.5. The van der Waals surface area contributed by atoms with Gasteiger partial charge in [0.25, 0.3) is 0 Å². The average molecular weight is 393 g/mol. The number of carbonyl (C=O) groups excluding carboxylic acids is 2. The molecule has 2 amide bonds. The van der Waals surface area contributed by atoms with E-state index in [4.69, 9.17) is 14.2 Å². The first kappa shape index (κ1) is 18.9. The van der Waals surface area contributed by atoms with E-state index in [1.54, 1.807) is 12.1 Å². The molecule has 4 rings (SSSR count). The molecule has 1 unspecified atom stereocenters. The Morgan fingerprint density at radius 2 is 2.14 bits per heavy atom. The third kappa shape index (κ3) is 3.77. The molecule has 1 spiro atoms. The van der Waals surface area contributed by atoms with E-state index in [0.717, 1.165) is 12.8 Å². The second kappa shape index (κ2) is 7.56.